The molecule has 44 heavy (non-hydrogen) atoms. The van der Waals surface area contributed by atoms with Crippen LogP contribution < -0.4 is 4.74 Å². The minimum absolute atomic E-state index is 0.0836. The topological polar surface area (TPSA) is 41.9 Å². The molecule has 3 aromatic carbocycles. The van der Waals surface area contributed by atoms with Gasteiger partial charge < -0.3 is 19.2 Å². The second-order valence-electron chi connectivity index (χ2n) is 12.5. The predicted octanol–water partition coefficient (Wildman–Crippen LogP) is 9.51. The summed E-state index contributed by atoms with van der Waals surface area (Å²) in [6.45, 7) is 10.2. The highest BCUT2D eigenvalue weighted by Gasteiger charge is 2.46. The molecule has 0 aliphatic heterocycles. The summed E-state index contributed by atoms with van der Waals surface area (Å²) in [5.74, 6) is -0.368. The zero-order valence-corrected chi connectivity index (χ0v) is 28.7. The quantitative estimate of drug-likeness (QED) is 0.146. The van der Waals surface area contributed by atoms with E-state index in [1.165, 1.54) is 0 Å². The van der Waals surface area contributed by atoms with Crippen molar-refractivity contribution in [3.05, 3.63) is 111 Å². The summed E-state index contributed by atoms with van der Waals surface area (Å²) in [7, 11) is -0.759. The SMILES string of the molecule is CN(CCOc1ccc(C/C(CO)=C(/O[Si](C)(C)C(C)(C)C)C(F)(F)F)cc1)CC(c1ccc(Cl)cc1)c1ccc(Cl)cc1. The minimum Gasteiger partial charge on any atom is -0.540 e. The average Bonchev–Trinajstić information content (AvgIpc) is 2.94. The normalized spacial score (nSPS) is 13.3. The average molecular weight is 669 g/mol. The lowest BCUT2D eigenvalue weighted by Gasteiger charge is -2.38. The summed E-state index contributed by atoms with van der Waals surface area (Å²) in [5, 5.41) is 10.8. The minimum atomic E-state index is -4.71. The van der Waals surface area contributed by atoms with E-state index < -0.39 is 31.9 Å². The number of aliphatic hydroxyl groups excluding tert-OH is 1. The van der Waals surface area contributed by atoms with Gasteiger partial charge in [0.05, 0.1) is 6.61 Å². The van der Waals surface area contributed by atoms with Crippen molar-refractivity contribution in [2.75, 3.05) is 33.4 Å². The van der Waals surface area contributed by atoms with Crippen molar-refractivity contribution in [3.8, 4) is 5.75 Å². The van der Waals surface area contributed by atoms with Gasteiger partial charge >= 0.3 is 6.18 Å². The van der Waals surface area contributed by atoms with E-state index in [-0.39, 0.29) is 17.9 Å². The van der Waals surface area contributed by atoms with E-state index in [1.54, 1.807) is 37.4 Å². The fourth-order valence-corrected chi connectivity index (χ4v) is 5.74. The fourth-order valence-electron chi connectivity index (χ4n) is 4.41. The Morgan fingerprint density at radius 1 is 0.864 bits per heavy atom. The fraction of sp³-hybridized carbons (Fsp3) is 0.412. The highest BCUT2D eigenvalue weighted by molar-refractivity contribution is 6.74. The number of rotatable bonds is 13. The lowest BCUT2D eigenvalue weighted by molar-refractivity contribution is -0.120. The summed E-state index contributed by atoms with van der Waals surface area (Å²) in [6.07, 6.45) is -4.79. The van der Waals surface area contributed by atoms with Gasteiger partial charge in [-0.25, -0.2) is 0 Å². The number of hydrogen-bond acceptors (Lipinski definition) is 4. The molecule has 0 aliphatic carbocycles. The number of allylic oxidation sites excluding steroid dienone is 1. The van der Waals surface area contributed by atoms with Crippen molar-refractivity contribution >= 4 is 31.5 Å². The molecular weight excluding hydrogens is 626 g/mol. The summed E-state index contributed by atoms with van der Waals surface area (Å²) in [4.78, 5) is 2.18. The molecule has 0 aromatic heterocycles. The van der Waals surface area contributed by atoms with Gasteiger partial charge in [-0.3, -0.25) is 0 Å². The Morgan fingerprint density at radius 3 is 1.80 bits per heavy atom. The second kappa shape index (κ2) is 15.2. The summed E-state index contributed by atoms with van der Waals surface area (Å²) < 4.78 is 53.8. The van der Waals surface area contributed by atoms with E-state index in [9.17, 15) is 18.3 Å². The first-order chi connectivity index (χ1) is 20.5. The van der Waals surface area contributed by atoms with Crippen molar-refractivity contribution in [2.45, 2.75) is 57.4 Å². The molecule has 1 N–H and O–H groups in total. The van der Waals surface area contributed by atoms with Crippen LogP contribution in [0.1, 0.15) is 43.4 Å². The number of nitrogens with zero attached hydrogens (tertiary/aromatic N) is 1. The number of likely N-dealkylation sites (N-methyl/N-ethyl adjacent to an activating group) is 1. The molecule has 0 saturated heterocycles. The highest BCUT2D eigenvalue weighted by atomic mass is 35.5. The van der Waals surface area contributed by atoms with Gasteiger partial charge in [-0.2, -0.15) is 13.2 Å². The largest absolute Gasteiger partial charge is 0.540 e. The smallest absolute Gasteiger partial charge is 0.447 e. The Bertz CT molecular complexity index is 1330. The Labute approximate surface area is 270 Å². The first-order valence-electron chi connectivity index (χ1n) is 14.5. The molecule has 0 fully saturated rings. The van der Waals surface area contributed by atoms with Crippen LogP contribution in [0.3, 0.4) is 0 Å². The second-order valence-corrected chi connectivity index (χ2v) is 18.1. The van der Waals surface area contributed by atoms with Crippen molar-refractivity contribution in [2.24, 2.45) is 0 Å². The van der Waals surface area contributed by atoms with Crippen LogP contribution in [0.4, 0.5) is 13.2 Å². The van der Waals surface area contributed by atoms with Gasteiger partial charge in [-0.1, -0.05) is 80.4 Å². The van der Waals surface area contributed by atoms with Gasteiger partial charge in [-0.05, 0) is 84.7 Å². The molecule has 0 bridgehead atoms. The molecule has 0 unspecified atom stereocenters. The van der Waals surface area contributed by atoms with Crippen LogP contribution in [0.5, 0.6) is 5.75 Å². The predicted molar refractivity (Wildman–Crippen MR) is 176 cm³/mol. The first-order valence-corrected chi connectivity index (χ1v) is 18.2. The van der Waals surface area contributed by atoms with Crippen molar-refractivity contribution in [1.82, 2.24) is 4.90 Å². The van der Waals surface area contributed by atoms with Crippen LogP contribution in [0.15, 0.2) is 84.1 Å². The molecular formula is C34H42Cl2F3NO3Si. The zero-order chi connectivity index (χ0) is 32.7. The number of hydrogen-bond donors (Lipinski definition) is 1. The highest BCUT2D eigenvalue weighted by Crippen LogP contribution is 2.42. The van der Waals surface area contributed by atoms with Gasteiger partial charge in [0, 0.05) is 34.6 Å². The Hall–Kier alpha value is -2.49. The summed E-state index contributed by atoms with van der Waals surface area (Å²) in [5.41, 5.74) is 2.71. The third-order valence-corrected chi connectivity index (χ3v) is 12.9. The monoisotopic (exact) mass is 667 g/mol. The van der Waals surface area contributed by atoms with Gasteiger partial charge in [-0.15, -0.1) is 0 Å². The molecule has 10 heteroatoms. The van der Waals surface area contributed by atoms with E-state index >= 15 is 0 Å². The van der Waals surface area contributed by atoms with Crippen molar-refractivity contribution < 1.29 is 27.4 Å². The van der Waals surface area contributed by atoms with Crippen molar-refractivity contribution in [1.29, 1.82) is 0 Å². The number of aliphatic hydroxyl groups is 1. The van der Waals surface area contributed by atoms with E-state index in [0.717, 1.165) is 17.7 Å². The van der Waals surface area contributed by atoms with Gasteiger partial charge in [0.2, 0.25) is 8.32 Å². The standard InChI is InChI=1S/C34H42Cl2F3NO3Si/c1-33(2,3)44(5,6)43-32(34(37,38)39)27(23-41)21-24-7-17-30(18-8-24)42-20-19-40(4)22-31(25-9-13-28(35)14-10-25)26-11-15-29(36)16-12-26/h7-18,31,41H,19-23H2,1-6H3/b32-27-. The first kappa shape index (κ1) is 36.0. The molecule has 0 amide bonds. The van der Waals surface area contributed by atoms with Crippen LogP contribution in [0, 0.1) is 0 Å². The zero-order valence-electron chi connectivity index (χ0n) is 26.1. The number of benzene rings is 3. The van der Waals surface area contributed by atoms with Crippen LogP contribution >= 0.6 is 23.2 Å². The molecule has 0 heterocycles. The van der Waals surface area contributed by atoms with Crippen LogP contribution in [0.2, 0.25) is 28.2 Å². The maximum absolute atomic E-state index is 14.0. The van der Waals surface area contributed by atoms with E-state index in [4.69, 9.17) is 32.4 Å². The molecule has 0 spiro atoms. The van der Waals surface area contributed by atoms with E-state index in [0.29, 0.717) is 34.5 Å². The number of ether oxygens (including phenoxy) is 1. The van der Waals surface area contributed by atoms with Crippen molar-refractivity contribution in [3.63, 3.8) is 0 Å². The summed E-state index contributed by atoms with van der Waals surface area (Å²) >= 11 is 12.2. The Balaban J connectivity index is 1.64. The molecule has 0 radical (unpaired) electrons. The molecule has 0 aliphatic rings. The Morgan fingerprint density at radius 2 is 1.36 bits per heavy atom. The van der Waals surface area contributed by atoms with Crippen LogP contribution in [-0.4, -0.2) is 57.9 Å². The third kappa shape index (κ3) is 10.3. The van der Waals surface area contributed by atoms with E-state index in [1.807, 2.05) is 76.3 Å². The van der Waals surface area contributed by atoms with Crippen LogP contribution in [0.25, 0.3) is 0 Å². The molecule has 3 aromatic rings. The van der Waals surface area contributed by atoms with Crippen LogP contribution in [-0.2, 0) is 10.8 Å². The Kier molecular flexibility index (Phi) is 12.4. The number of halogens is 5. The molecule has 0 saturated carbocycles. The molecule has 0 atom stereocenters. The number of alkyl halides is 3. The summed E-state index contributed by atoms with van der Waals surface area (Å²) in [6, 6.07) is 22.6. The molecule has 4 nitrogen and oxygen atoms in total. The maximum Gasteiger partial charge on any atom is 0.447 e. The molecule has 3 rings (SSSR count). The van der Waals surface area contributed by atoms with Gasteiger partial charge in [0.1, 0.15) is 12.4 Å². The van der Waals surface area contributed by atoms with E-state index in [2.05, 4.69) is 4.90 Å². The maximum atomic E-state index is 14.0. The lowest BCUT2D eigenvalue weighted by atomic mass is 9.91. The molecule has 240 valence electrons. The third-order valence-electron chi connectivity index (χ3n) is 8.05. The van der Waals surface area contributed by atoms with Gasteiger partial charge in [0.15, 0.2) is 5.76 Å². The van der Waals surface area contributed by atoms with Gasteiger partial charge in [0.25, 0.3) is 0 Å². The lowest BCUT2D eigenvalue weighted by Crippen LogP contribution is -2.43.